The van der Waals surface area contributed by atoms with E-state index >= 15 is 0 Å². The Morgan fingerprint density at radius 3 is 2.78 bits per heavy atom. The van der Waals surface area contributed by atoms with Gasteiger partial charge in [-0.15, -0.1) is 0 Å². The van der Waals surface area contributed by atoms with Crippen LogP contribution in [-0.2, 0) is 4.74 Å². The van der Waals surface area contributed by atoms with E-state index in [1.54, 1.807) is 0 Å². The minimum absolute atomic E-state index is 0.0799. The van der Waals surface area contributed by atoms with E-state index in [2.05, 4.69) is 20.3 Å². The summed E-state index contributed by atoms with van der Waals surface area (Å²) in [4.78, 5) is 23.3. The highest BCUT2D eigenvalue weighted by Crippen LogP contribution is 2.28. The second kappa shape index (κ2) is 7.90. The van der Waals surface area contributed by atoms with Crippen LogP contribution in [0.4, 0.5) is 5.95 Å². The normalized spacial score (nSPS) is 29.2. The molecule has 1 aliphatic rings. The van der Waals surface area contributed by atoms with Gasteiger partial charge in [-0.05, 0) is 5.92 Å². The van der Waals surface area contributed by atoms with Gasteiger partial charge in [0.25, 0.3) is 5.56 Å². The minimum atomic E-state index is -1.47. The van der Waals surface area contributed by atoms with Gasteiger partial charge in [0.2, 0.25) is 5.95 Å². The molecule has 2 aromatic rings. The summed E-state index contributed by atoms with van der Waals surface area (Å²) < 4.78 is 7.12. The predicted octanol–water partition coefficient (Wildman–Crippen LogP) is -1.45. The molecule has 150 valence electrons. The molecule has 0 aliphatic carbocycles. The lowest BCUT2D eigenvalue weighted by Gasteiger charge is -2.24. The maximum atomic E-state index is 12.3. The van der Waals surface area contributed by atoms with Crippen molar-refractivity contribution >= 4 is 17.1 Å². The van der Waals surface area contributed by atoms with Gasteiger partial charge < -0.3 is 30.5 Å². The van der Waals surface area contributed by atoms with E-state index in [9.17, 15) is 25.2 Å². The fourth-order valence-electron chi connectivity index (χ4n) is 2.98. The summed E-state index contributed by atoms with van der Waals surface area (Å²) in [5.41, 5.74) is -0.114. The number of H-pyrrole nitrogens is 1. The number of anilines is 1. The average Bonchev–Trinajstić information content (AvgIpc) is 3.02. The third-order valence-corrected chi connectivity index (χ3v) is 4.50. The standard InChI is InChI=1S/C16H25N5O6/c1-7(2)4-17-16-19-14-11(15(26)20-16)18-6-21(14)10-3-8(23)12(24)13(25)9(5-22)27-10/h6-10,12-13,22-25H,3-5H2,1-2H3,(H2,17,19,20,26)/t8-,9+,10?,12+,13+/m0/s1. The first kappa shape index (κ1) is 19.7. The number of hydrogen-bond acceptors (Lipinski definition) is 9. The molecule has 1 fully saturated rings. The second-order valence-electron chi connectivity index (χ2n) is 7.11. The summed E-state index contributed by atoms with van der Waals surface area (Å²) in [7, 11) is 0. The van der Waals surface area contributed by atoms with Gasteiger partial charge >= 0.3 is 0 Å². The summed E-state index contributed by atoms with van der Waals surface area (Å²) in [5, 5.41) is 42.6. The smallest absolute Gasteiger partial charge is 0.280 e. The molecule has 0 aromatic carbocycles. The third-order valence-electron chi connectivity index (χ3n) is 4.50. The van der Waals surface area contributed by atoms with Gasteiger partial charge in [-0.2, -0.15) is 4.98 Å². The fraction of sp³-hybridized carbons (Fsp3) is 0.688. The van der Waals surface area contributed by atoms with Crippen LogP contribution in [0.5, 0.6) is 0 Å². The first-order valence-corrected chi connectivity index (χ1v) is 8.83. The number of fused-ring (bicyclic) bond motifs is 1. The number of aromatic nitrogens is 4. The zero-order chi connectivity index (χ0) is 19.7. The second-order valence-corrected chi connectivity index (χ2v) is 7.11. The first-order chi connectivity index (χ1) is 12.8. The van der Waals surface area contributed by atoms with Crippen LogP contribution in [0.2, 0.25) is 0 Å². The number of nitrogens with zero attached hydrogens (tertiary/aromatic N) is 3. The quantitative estimate of drug-likeness (QED) is 0.362. The zero-order valence-electron chi connectivity index (χ0n) is 15.1. The van der Waals surface area contributed by atoms with Crippen molar-refractivity contribution in [1.29, 1.82) is 0 Å². The number of ether oxygens (including phenoxy) is 1. The van der Waals surface area contributed by atoms with Gasteiger partial charge in [0, 0.05) is 13.0 Å². The molecule has 11 heteroatoms. The number of nitrogens with one attached hydrogen (secondary N) is 2. The summed E-state index contributed by atoms with van der Waals surface area (Å²) in [6.07, 6.45) is -4.95. The van der Waals surface area contributed by atoms with Crippen molar-refractivity contribution in [2.24, 2.45) is 5.92 Å². The summed E-state index contributed by atoms with van der Waals surface area (Å²) >= 11 is 0. The van der Waals surface area contributed by atoms with Gasteiger partial charge in [-0.1, -0.05) is 13.8 Å². The highest BCUT2D eigenvalue weighted by atomic mass is 16.5. The number of imidazole rings is 1. The number of aromatic amines is 1. The van der Waals surface area contributed by atoms with Crippen LogP contribution in [0, 0.1) is 5.92 Å². The van der Waals surface area contributed by atoms with Gasteiger partial charge in [0.05, 0.1) is 19.0 Å². The molecule has 0 spiro atoms. The van der Waals surface area contributed by atoms with E-state index < -0.39 is 42.8 Å². The van der Waals surface area contributed by atoms with Crippen molar-refractivity contribution in [3.63, 3.8) is 0 Å². The zero-order valence-corrected chi connectivity index (χ0v) is 15.1. The van der Waals surface area contributed by atoms with E-state index in [1.807, 2.05) is 13.8 Å². The number of aliphatic hydroxyl groups excluding tert-OH is 4. The van der Waals surface area contributed by atoms with Crippen LogP contribution in [0.1, 0.15) is 26.5 Å². The molecule has 1 saturated heterocycles. The van der Waals surface area contributed by atoms with Crippen LogP contribution in [-0.4, -0.2) is 77.5 Å². The molecule has 27 heavy (non-hydrogen) atoms. The lowest BCUT2D eigenvalue weighted by atomic mass is 10.0. The van der Waals surface area contributed by atoms with E-state index in [4.69, 9.17) is 4.74 Å². The monoisotopic (exact) mass is 383 g/mol. The largest absolute Gasteiger partial charge is 0.394 e. The molecule has 11 nitrogen and oxygen atoms in total. The van der Waals surface area contributed by atoms with Crippen molar-refractivity contribution in [3.05, 3.63) is 16.7 Å². The highest BCUT2D eigenvalue weighted by Gasteiger charge is 2.39. The van der Waals surface area contributed by atoms with E-state index in [0.29, 0.717) is 12.5 Å². The van der Waals surface area contributed by atoms with Crippen LogP contribution < -0.4 is 10.9 Å². The maximum Gasteiger partial charge on any atom is 0.280 e. The van der Waals surface area contributed by atoms with Crippen LogP contribution in [0.25, 0.3) is 11.2 Å². The molecule has 1 aliphatic heterocycles. The Morgan fingerprint density at radius 2 is 2.11 bits per heavy atom. The molecule has 3 heterocycles. The highest BCUT2D eigenvalue weighted by molar-refractivity contribution is 5.70. The Morgan fingerprint density at radius 1 is 1.37 bits per heavy atom. The Balaban J connectivity index is 1.98. The fourth-order valence-corrected chi connectivity index (χ4v) is 2.98. The van der Waals surface area contributed by atoms with Crippen molar-refractivity contribution in [1.82, 2.24) is 19.5 Å². The molecule has 3 rings (SSSR count). The van der Waals surface area contributed by atoms with E-state index in [-0.39, 0.29) is 23.5 Å². The van der Waals surface area contributed by atoms with Gasteiger partial charge in [0.1, 0.15) is 24.5 Å². The Bertz CT molecular complexity index is 836. The molecular formula is C16H25N5O6. The molecule has 1 unspecified atom stereocenters. The Hall–Kier alpha value is -2.05. The van der Waals surface area contributed by atoms with Gasteiger partial charge in [-0.3, -0.25) is 14.3 Å². The molecular weight excluding hydrogens is 358 g/mol. The maximum absolute atomic E-state index is 12.3. The predicted molar refractivity (Wildman–Crippen MR) is 95.1 cm³/mol. The van der Waals surface area contributed by atoms with Gasteiger partial charge in [-0.25, -0.2) is 4.98 Å². The van der Waals surface area contributed by atoms with Crippen molar-refractivity contribution in [3.8, 4) is 0 Å². The molecule has 5 atom stereocenters. The lowest BCUT2D eigenvalue weighted by molar-refractivity contribution is -0.130. The molecule has 0 bridgehead atoms. The molecule has 0 saturated carbocycles. The minimum Gasteiger partial charge on any atom is -0.394 e. The molecule has 6 N–H and O–H groups in total. The van der Waals surface area contributed by atoms with E-state index in [0.717, 1.165) is 0 Å². The number of aliphatic hydroxyl groups is 4. The Kier molecular flexibility index (Phi) is 5.77. The van der Waals surface area contributed by atoms with Crippen molar-refractivity contribution in [2.75, 3.05) is 18.5 Å². The molecule has 2 aromatic heterocycles. The van der Waals surface area contributed by atoms with Crippen LogP contribution in [0.3, 0.4) is 0 Å². The molecule has 0 radical (unpaired) electrons. The SMILES string of the molecule is CC(C)CNc1nc2c(ncn2C2C[C@H](O)[C@@H](O)[C@H](O)[C@@H](CO)O2)c(=O)[nH]1. The van der Waals surface area contributed by atoms with Crippen molar-refractivity contribution in [2.45, 2.75) is 50.9 Å². The van der Waals surface area contributed by atoms with E-state index in [1.165, 1.54) is 10.9 Å². The van der Waals surface area contributed by atoms with Gasteiger partial charge in [0.15, 0.2) is 11.2 Å². The molecule has 0 amide bonds. The summed E-state index contributed by atoms with van der Waals surface area (Å²) in [6.45, 7) is 4.08. The summed E-state index contributed by atoms with van der Waals surface area (Å²) in [6, 6.07) is 0. The summed E-state index contributed by atoms with van der Waals surface area (Å²) in [5.74, 6) is 0.612. The van der Waals surface area contributed by atoms with Crippen molar-refractivity contribution < 1.29 is 25.2 Å². The van der Waals surface area contributed by atoms with Crippen LogP contribution >= 0.6 is 0 Å². The first-order valence-electron chi connectivity index (χ1n) is 8.83. The average molecular weight is 383 g/mol. The Labute approximate surface area is 154 Å². The lowest BCUT2D eigenvalue weighted by Crippen LogP contribution is -2.44. The number of hydrogen-bond donors (Lipinski definition) is 6. The van der Waals surface area contributed by atoms with Crippen LogP contribution in [0.15, 0.2) is 11.1 Å². The topological polar surface area (TPSA) is 166 Å². The number of rotatable bonds is 5. The third kappa shape index (κ3) is 3.96.